The highest BCUT2D eigenvalue weighted by atomic mass is 32.2. The van der Waals surface area contributed by atoms with Gasteiger partial charge in [0.1, 0.15) is 4.90 Å². The van der Waals surface area contributed by atoms with Gasteiger partial charge in [-0.3, -0.25) is 4.68 Å². The number of aryl methyl sites for hydroxylation is 1. The molecule has 0 N–H and O–H groups in total. The molecule has 0 radical (unpaired) electrons. The van der Waals surface area contributed by atoms with Crippen LogP contribution in [0.1, 0.15) is 12.0 Å². The number of hydrogen-bond donors (Lipinski definition) is 0. The Labute approximate surface area is 154 Å². The molecule has 1 aliphatic heterocycles. The van der Waals surface area contributed by atoms with Crippen LogP contribution in [0.15, 0.2) is 47.6 Å². The van der Waals surface area contributed by atoms with Crippen molar-refractivity contribution in [2.45, 2.75) is 17.1 Å². The third-order valence-electron chi connectivity index (χ3n) is 4.32. The van der Waals surface area contributed by atoms with Gasteiger partial charge in [0.25, 0.3) is 0 Å². The van der Waals surface area contributed by atoms with Gasteiger partial charge >= 0.3 is 0 Å². The minimum Gasteiger partial charge on any atom is -0.274 e. The minimum absolute atomic E-state index is 0.0802. The van der Waals surface area contributed by atoms with E-state index < -0.39 is 20.0 Å². The lowest BCUT2D eigenvalue weighted by Crippen LogP contribution is -2.37. The largest absolute Gasteiger partial charge is 0.274 e. The van der Waals surface area contributed by atoms with Crippen LogP contribution in [-0.4, -0.2) is 61.4 Å². The Morgan fingerprint density at radius 3 is 2.27 bits per heavy atom. The van der Waals surface area contributed by atoms with Crippen molar-refractivity contribution in [2.24, 2.45) is 7.05 Å². The molecule has 0 aliphatic carbocycles. The van der Waals surface area contributed by atoms with Gasteiger partial charge < -0.3 is 0 Å². The van der Waals surface area contributed by atoms with E-state index in [-0.39, 0.29) is 30.3 Å². The van der Waals surface area contributed by atoms with Crippen LogP contribution < -0.4 is 0 Å². The van der Waals surface area contributed by atoms with Crippen molar-refractivity contribution in [3.05, 3.63) is 48.3 Å². The number of benzene rings is 1. The minimum atomic E-state index is -3.66. The average Bonchev–Trinajstić information content (AvgIpc) is 2.88. The standard InChI is InChI=1S/C16H22N4O4S2/c1-18-13-16(12-17-18)26(23,24)20-9-5-8-19(10-11-20)25(21,22)14-15-6-3-2-4-7-15/h2-4,6-7,12-13H,5,8-11,14H2,1H3. The maximum atomic E-state index is 12.7. The van der Waals surface area contributed by atoms with E-state index in [4.69, 9.17) is 0 Å². The maximum absolute atomic E-state index is 12.7. The second-order valence-corrected chi connectivity index (χ2v) is 10.2. The molecule has 8 nitrogen and oxygen atoms in total. The molecule has 26 heavy (non-hydrogen) atoms. The van der Waals surface area contributed by atoms with Crippen molar-refractivity contribution >= 4 is 20.0 Å². The Morgan fingerprint density at radius 2 is 1.62 bits per heavy atom. The third-order valence-corrected chi connectivity index (χ3v) is 8.02. The van der Waals surface area contributed by atoms with E-state index in [1.54, 1.807) is 31.3 Å². The lowest BCUT2D eigenvalue weighted by atomic mass is 10.2. The normalized spacial score (nSPS) is 17.9. The van der Waals surface area contributed by atoms with Gasteiger partial charge in [-0.05, 0) is 12.0 Å². The highest BCUT2D eigenvalue weighted by molar-refractivity contribution is 7.89. The van der Waals surface area contributed by atoms with Crippen LogP contribution in [0.4, 0.5) is 0 Å². The van der Waals surface area contributed by atoms with Gasteiger partial charge in [-0.25, -0.2) is 21.1 Å². The molecule has 2 aromatic rings. The highest BCUT2D eigenvalue weighted by Crippen LogP contribution is 2.19. The van der Waals surface area contributed by atoms with Crippen molar-refractivity contribution < 1.29 is 16.8 Å². The van der Waals surface area contributed by atoms with Crippen LogP contribution in [0.3, 0.4) is 0 Å². The highest BCUT2D eigenvalue weighted by Gasteiger charge is 2.31. The molecule has 1 fully saturated rings. The van der Waals surface area contributed by atoms with Gasteiger partial charge in [0, 0.05) is 39.4 Å². The monoisotopic (exact) mass is 398 g/mol. The first-order valence-corrected chi connectivity index (χ1v) is 11.3. The molecule has 0 atom stereocenters. The van der Waals surface area contributed by atoms with Gasteiger partial charge in [-0.1, -0.05) is 30.3 Å². The summed E-state index contributed by atoms with van der Waals surface area (Å²) in [7, 11) is -5.51. The second-order valence-electron chi connectivity index (χ2n) is 6.25. The van der Waals surface area contributed by atoms with E-state index in [9.17, 15) is 16.8 Å². The van der Waals surface area contributed by atoms with Gasteiger partial charge in [-0.15, -0.1) is 0 Å². The Bertz CT molecular complexity index is 955. The number of aromatic nitrogens is 2. The first kappa shape index (κ1) is 19.0. The van der Waals surface area contributed by atoms with Crippen LogP contribution in [0.5, 0.6) is 0 Å². The van der Waals surface area contributed by atoms with Crippen molar-refractivity contribution in [3.8, 4) is 0 Å². The van der Waals surface area contributed by atoms with Crippen LogP contribution in [-0.2, 0) is 32.8 Å². The van der Waals surface area contributed by atoms with E-state index in [0.29, 0.717) is 13.0 Å². The molecule has 10 heteroatoms. The molecular weight excluding hydrogens is 376 g/mol. The molecule has 3 rings (SSSR count). The fourth-order valence-electron chi connectivity index (χ4n) is 2.95. The van der Waals surface area contributed by atoms with E-state index >= 15 is 0 Å². The van der Waals surface area contributed by atoms with Crippen LogP contribution in [0.2, 0.25) is 0 Å². The SMILES string of the molecule is Cn1cc(S(=O)(=O)N2CCCN(S(=O)(=O)Cc3ccccc3)CC2)cn1. The molecular formula is C16H22N4O4S2. The van der Waals surface area contributed by atoms with E-state index in [1.807, 2.05) is 6.07 Å². The van der Waals surface area contributed by atoms with Crippen molar-refractivity contribution in [3.63, 3.8) is 0 Å². The van der Waals surface area contributed by atoms with E-state index in [0.717, 1.165) is 5.56 Å². The third kappa shape index (κ3) is 4.14. The quantitative estimate of drug-likeness (QED) is 0.737. The molecule has 0 unspecified atom stereocenters. The summed E-state index contributed by atoms with van der Waals surface area (Å²) in [5.41, 5.74) is 0.719. The van der Waals surface area contributed by atoms with Crippen molar-refractivity contribution in [1.82, 2.24) is 18.4 Å². The lowest BCUT2D eigenvalue weighted by Gasteiger charge is -2.21. The fraction of sp³-hybridized carbons (Fsp3) is 0.438. The van der Waals surface area contributed by atoms with Crippen LogP contribution in [0.25, 0.3) is 0 Å². The smallest absolute Gasteiger partial charge is 0.246 e. The molecule has 1 aliphatic rings. The molecule has 0 amide bonds. The zero-order chi connectivity index (χ0) is 18.8. The zero-order valence-corrected chi connectivity index (χ0v) is 16.2. The molecule has 0 bridgehead atoms. The number of sulfonamides is 2. The molecule has 142 valence electrons. The maximum Gasteiger partial charge on any atom is 0.246 e. The van der Waals surface area contributed by atoms with Crippen LogP contribution in [0, 0.1) is 0 Å². The van der Waals surface area contributed by atoms with Crippen molar-refractivity contribution in [2.75, 3.05) is 26.2 Å². The lowest BCUT2D eigenvalue weighted by molar-refractivity contribution is 0.404. The molecule has 1 saturated heterocycles. The summed E-state index contributed by atoms with van der Waals surface area (Å²) < 4.78 is 54.9. The predicted molar refractivity (Wildman–Crippen MR) is 97.2 cm³/mol. The van der Waals surface area contributed by atoms with Gasteiger partial charge in [0.05, 0.1) is 11.9 Å². The van der Waals surface area contributed by atoms with E-state index in [1.165, 1.54) is 25.7 Å². The molecule has 0 spiro atoms. The van der Waals surface area contributed by atoms with Gasteiger partial charge in [-0.2, -0.15) is 9.40 Å². The summed E-state index contributed by atoms with van der Waals surface area (Å²) in [5, 5.41) is 3.91. The molecule has 1 aromatic carbocycles. The summed E-state index contributed by atoms with van der Waals surface area (Å²) in [5.74, 6) is -0.0802. The number of hydrogen-bond acceptors (Lipinski definition) is 5. The molecule has 2 heterocycles. The number of rotatable bonds is 5. The summed E-state index contributed by atoms with van der Waals surface area (Å²) in [6.07, 6.45) is 3.21. The molecule has 0 saturated carbocycles. The Kier molecular flexibility index (Phi) is 5.47. The first-order valence-electron chi connectivity index (χ1n) is 8.29. The average molecular weight is 399 g/mol. The summed E-state index contributed by atoms with van der Waals surface area (Å²) in [4.78, 5) is 0.126. The van der Waals surface area contributed by atoms with E-state index in [2.05, 4.69) is 5.10 Å². The predicted octanol–water partition coefficient (Wildman–Crippen LogP) is 0.647. The summed E-state index contributed by atoms with van der Waals surface area (Å²) in [6, 6.07) is 8.98. The van der Waals surface area contributed by atoms with Gasteiger partial charge in [0.15, 0.2) is 0 Å². The molecule has 1 aromatic heterocycles. The Balaban J connectivity index is 1.72. The summed E-state index contributed by atoms with van der Waals surface area (Å²) in [6.45, 7) is 0.878. The zero-order valence-electron chi connectivity index (χ0n) is 14.5. The topological polar surface area (TPSA) is 92.6 Å². The van der Waals surface area contributed by atoms with Crippen LogP contribution >= 0.6 is 0 Å². The van der Waals surface area contributed by atoms with Gasteiger partial charge in [0.2, 0.25) is 20.0 Å². The Morgan fingerprint density at radius 1 is 0.962 bits per heavy atom. The summed E-state index contributed by atoms with van der Waals surface area (Å²) >= 11 is 0. The Hall–Kier alpha value is -1.75. The van der Waals surface area contributed by atoms with Crippen molar-refractivity contribution in [1.29, 1.82) is 0 Å². The first-order chi connectivity index (χ1) is 12.3. The fourth-order valence-corrected chi connectivity index (χ4v) is 5.96. The number of nitrogens with zero attached hydrogens (tertiary/aromatic N) is 4. The second kappa shape index (κ2) is 7.47.